The lowest BCUT2D eigenvalue weighted by Gasteiger charge is -2.19. The fourth-order valence-corrected chi connectivity index (χ4v) is 5.18. The molecule has 6 heteroatoms. The van der Waals surface area contributed by atoms with E-state index in [1.54, 1.807) is 0 Å². The van der Waals surface area contributed by atoms with Crippen LogP contribution in [-0.4, -0.2) is 24.3 Å². The number of carbonyl (C=O) groups is 2. The van der Waals surface area contributed by atoms with Crippen molar-refractivity contribution in [2.45, 2.75) is 149 Å². The van der Waals surface area contributed by atoms with E-state index in [0.717, 1.165) is 30.6 Å². The van der Waals surface area contributed by atoms with Crippen molar-refractivity contribution in [1.82, 2.24) is 0 Å². The molecule has 1 aromatic heterocycles. The zero-order valence-corrected chi connectivity index (χ0v) is 24.7. The predicted molar refractivity (Wildman–Crippen MR) is 153 cm³/mol. The van der Waals surface area contributed by atoms with Crippen LogP contribution in [-0.2, 0) is 15.9 Å². The van der Waals surface area contributed by atoms with E-state index in [2.05, 4.69) is 19.2 Å². The zero-order chi connectivity index (χ0) is 26.7. The lowest BCUT2D eigenvalue weighted by atomic mass is 10.1. The quantitative estimate of drug-likeness (QED) is 0.136. The molecule has 0 radical (unpaired) electrons. The SMILES string of the molecule is CCCCCCCCCCCCc1cc(C(=O)OC(C)(C)C)c(NC(=O)OCCCCCCCC)s1. The molecule has 0 saturated heterocycles. The second-order valence-electron chi connectivity index (χ2n) is 10.9. The number of carbonyl (C=O) groups excluding carboxylic acids is 2. The highest BCUT2D eigenvalue weighted by molar-refractivity contribution is 7.16. The highest BCUT2D eigenvalue weighted by Gasteiger charge is 2.24. The summed E-state index contributed by atoms with van der Waals surface area (Å²) < 4.78 is 11.0. The molecule has 1 heterocycles. The van der Waals surface area contributed by atoms with Gasteiger partial charge in [0.2, 0.25) is 0 Å². The molecule has 0 saturated carbocycles. The number of esters is 1. The Balaban J connectivity index is 2.50. The Morgan fingerprint density at radius 2 is 1.28 bits per heavy atom. The lowest BCUT2D eigenvalue weighted by Crippen LogP contribution is -2.24. The van der Waals surface area contributed by atoms with Gasteiger partial charge in [0.25, 0.3) is 0 Å². The van der Waals surface area contributed by atoms with E-state index in [0.29, 0.717) is 17.2 Å². The topological polar surface area (TPSA) is 64.6 Å². The number of rotatable bonds is 20. The molecular weight excluding hydrogens is 470 g/mol. The van der Waals surface area contributed by atoms with Gasteiger partial charge in [-0.2, -0.15) is 0 Å². The fourth-order valence-electron chi connectivity index (χ4n) is 4.11. The van der Waals surface area contributed by atoms with Gasteiger partial charge in [0.05, 0.1) is 12.2 Å². The number of hydrogen-bond donors (Lipinski definition) is 1. The molecule has 0 unspecified atom stereocenters. The minimum Gasteiger partial charge on any atom is -0.456 e. The average Bonchev–Trinajstić information content (AvgIpc) is 3.21. The summed E-state index contributed by atoms with van der Waals surface area (Å²) in [6.45, 7) is 10.4. The maximum absolute atomic E-state index is 12.8. The third-order valence-corrected chi connectivity index (χ3v) is 7.24. The van der Waals surface area contributed by atoms with Crippen molar-refractivity contribution >= 4 is 28.4 Å². The van der Waals surface area contributed by atoms with Crippen molar-refractivity contribution in [2.75, 3.05) is 11.9 Å². The smallest absolute Gasteiger partial charge is 0.412 e. The van der Waals surface area contributed by atoms with E-state index in [-0.39, 0.29) is 0 Å². The van der Waals surface area contributed by atoms with Crippen molar-refractivity contribution in [3.63, 3.8) is 0 Å². The first-order valence-corrected chi connectivity index (χ1v) is 15.4. The van der Waals surface area contributed by atoms with E-state index in [9.17, 15) is 9.59 Å². The second kappa shape index (κ2) is 19.5. The third-order valence-electron chi connectivity index (χ3n) is 6.13. The van der Waals surface area contributed by atoms with Crippen molar-refractivity contribution in [1.29, 1.82) is 0 Å². The van der Waals surface area contributed by atoms with Crippen LogP contribution in [0.4, 0.5) is 9.80 Å². The molecular formula is C30H53NO4S. The number of thiophene rings is 1. The van der Waals surface area contributed by atoms with Gasteiger partial charge < -0.3 is 9.47 Å². The van der Waals surface area contributed by atoms with Crippen LogP contribution >= 0.6 is 11.3 Å². The molecule has 0 aliphatic carbocycles. The summed E-state index contributed by atoms with van der Waals surface area (Å²) in [5, 5.41) is 3.33. The highest BCUT2D eigenvalue weighted by atomic mass is 32.1. The normalized spacial score (nSPS) is 11.5. The maximum Gasteiger partial charge on any atom is 0.412 e. The first kappa shape index (κ1) is 32.5. The monoisotopic (exact) mass is 523 g/mol. The lowest BCUT2D eigenvalue weighted by molar-refractivity contribution is 0.00712. The second-order valence-corrected chi connectivity index (χ2v) is 12.1. The Morgan fingerprint density at radius 1 is 0.778 bits per heavy atom. The van der Waals surface area contributed by atoms with Crippen molar-refractivity contribution in [3.8, 4) is 0 Å². The summed E-state index contributed by atoms with van der Waals surface area (Å²) in [5.74, 6) is -0.403. The van der Waals surface area contributed by atoms with Crippen molar-refractivity contribution < 1.29 is 19.1 Å². The number of ether oxygens (including phenoxy) is 2. The summed E-state index contributed by atoms with van der Waals surface area (Å²) in [5.41, 5.74) is -0.167. The molecule has 1 amide bonds. The average molecular weight is 524 g/mol. The van der Waals surface area contributed by atoms with Crippen molar-refractivity contribution in [3.05, 3.63) is 16.5 Å². The molecule has 1 N–H and O–H groups in total. The van der Waals surface area contributed by atoms with Gasteiger partial charge in [-0.1, -0.05) is 104 Å². The first-order valence-electron chi connectivity index (χ1n) is 14.6. The molecule has 0 atom stereocenters. The van der Waals surface area contributed by atoms with Crippen molar-refractivity contribution in [2.24, 2.45) is 0 Å². The molecule has 0 spiro atoms. The van der Waals surface area contributed by atoms with Crippen LogP contribution in [0.1, 0.15) is 153 Å². The molecule has 0 bridgehead atoms. The molecule has 0 aliphatic rings. The number of hydrogen-bond acceptors (Lipinski definition) is 5. The van der Waals surface area contributed by atoms with Gasteiger partial charge in [0.15, 0.2) is 0 Å². The van der Waals surface area contributed by atoms with Gasteiger partial charge in [-0.25, -0.2) is 9.59 Å². The summed E-state index contributed by atoms with van der Waals surface area (Å²) in [6, 6.07) is 1.88. The van der Waals surface area contributed by atoms with Crippen LogP contribution in [0.2, 0.25) is 0 Å². The molecule has 36 heavy (non-hydrogen) atoms. The molecule has 0 fully saturated rings. The number of aryl methyl sites for hydroxylation is 1. The van der Waals surface area contributed by atoms with E-state index in [1.165, 1.54) is 94.8 Å². The Morgan fingerprint density at radius 3 is 1.81 bits per heavy atom. The summed E-state index contributed by atoms with van der Waals surface area (Å²) in [4.78, 5) is 26.3. The number of unbranched alkanes of at least 4 members (excludes halogenated alkanes) is 14. The van der Waals surface area contributed by atoms with Gasteiger partial charge in [-0.05, 0) is 46.1 Å². The first-order chi connectivity index (χ1) is 17.3. The van der Waals surface area contributed by atoms with Gasteiger partial charge >= 0.3 is 12.1 Å². The maximum atomic E-state index is 12.8. The minimum atomic E-state index is -0.592. The van der Waals surface area contributed by atoms with Crippen LogP contribution < -0.4 is 5.32 Å². The van der Waals surface area contributed by atoms with Crippen LogP contribution in [0.3, 0.4) is 0 Å². The van der Waals surface area contributed by atoms with E-state index in [1.807, 2.05) is 26.8 Å². The number of anilines is 1. The summed E-state index contributed by atoms with van der Waals surface area (Å²) in [6.07, 6.45) is 20.2. The zero-order valence-electron chi connectivity index (χ0n) is 23.8. The molecule has 0 aliphatic heterocycles. The number of nitrogens with one attached hydrogen (secondary N) is 1. The number of amides is 1. The molecule has 1 aromatic rings. The van der Waals surface area contributed by atoms with E-state index >= 15 is 0 Å². The molecule has 1 rings (SSSR count). The van der Waals surface area contributed by atoms with Crippen LogP contribution in [0.15, 0.2) is 6.07 Å². The fraction of sp³-hybridized carbons (Fsp3) is 0.800. The Hall–Kier alpha value is -1.56. The molecule has 5 nitrogen and oxygen atoms in total. The van der Waals surface area contributed by atoms with Gasteiger partial charge in [0.1, 0.15) is 10.6 Å². The molecule has 0 aromatic carbocycles. The molecule has 208 valence electrons. The van der Waals surface area contributed by atoms with Crippen LogP contribution in [0.5, 0.6) is 0 Å². The van der Waals surface area contributed by atoms with Gasteiger partial charge in [-0.3, -0.25) is 5.32 Å². The predicted octanol–water partition coefficient (Wildman–Crippen LogP) is 10.1. The highest BCUT2D eigenvalue weighted by Crippen LogP contribution is 2.31. The van der Waals surface area contributed by atoms with E-state index < -0.39 is 17.7 Å². The minimum absolute atomic E-state index is 0.399. The summed E-state index contributed by atoms with van der Waals surface area (Å²) >= 11 is 1.46. The van der Waals surface area contributed by atoms with Gasteiger partial charge in [0, 0.05) is 4.88 Å². The Labute approximate surface area is 225 Å². The largest absolute Gasteiger partial charge is 0.456 e. The van der Waals surface area contributed by atoms with Crippen LogP contribution in [0, 0.1) is 0 Å². The van der Waals surface area contributed by atoms with Gasteiger partial charge in [-0.15, -0.1) is 11.3 Å². The third kappa shape index (κ3) is 16.2. The van der Waals surface area contributed by atoms with E-state index in [4.69, 9.17) is 9.47 Å². The van der Waals surface area contributed by atoms with Crippen LogP contribution in [0.25, 0.3) is 0 Å². The Kier molecular flexibility index (Phi) is 17.6. The Bertz CT molecular complexity index is 723. The standard InChI is InChI=1S/C30H53NO4S/c1-6-8-10-12-14-15-16-17-18-20-22-25-24-26(28(32)35-30(3,4)5)27(36-25)31-29(33)34-23-21-19-13-11-9-7-2/h24H,6-23H2,1-5H3,(H,31,33). The summed E-state index contributed by atoms with van der Waals surface area (Å²) in [7, 11) is 0.